The Hall–Kier alpha value is -2.64. The Balaban J connectivity index is 1.76. The molecule has 6 nitrogen and oxygen atoms in total. The Morgan fingerprint density at radius 3 is 2.29 bits per heavy atom. The molecular weight excluding hydrogens is 398 g/mol. The predicted octanol–water partition coefficient (Wildman–Crippen LogP) is 3.25. The maximum atomic E-state index is 12.1. The van der Waals surface area contributed by atoms with E-state index in [9.17, 15) is 9.59 Å². The second-order valence-electron chi connectivity index (χ2n) is 6.49. The molecule has 0 spiro atoms. The van der Waals surface area contributed by atoms with Crippen molar-refractivity contribution >= 4 is 40.7 Å². The molecule has 0 aliphatic heterocycles. The van der Waals surface area contributed by atoms with Gasteiger partial charge in [0.1, 0.15) is 5.75 Å². The van der Waals surface area contributed by atoms with Crippen LogP contribution < -0.4 is 20.9 Å². The summed E-state index contributed by atoms with van der Waals surface area (Å²) in [6.45, 7) is 4.73. The van der Waals surface area contributed by atoms with Crippen molar-refractivity contribution in [2.75, 3.05) is 6.61 Å². The third-order valence-electron chi connectivity index (χ3n) is 3.52. The van der Waals surface area contributed by atoms with Gasteiger partial charge in [-0.1, -0.05) is 37.6 Å². The number of halogens is 1. The van der Waals surface area contributed by atoms with Crippen LogP contribution in [-0.2, 0) is 11.2 Å². The number of hydrogen-bond acceptors (Lipinski definition) is 4. The van der Waals surface area contributed by atoms with Crippen molar-refractivity contribution in [3.8, 4) is 5.75 Å². The molecule has 8 heteroatoms. The lowest BCUT2D eigenvalue weighted by atomic mass is 10.1. The van der Waals surface area contributed by atoms with Gasteiger partial charge in [0.25, 0.3) is 5.91 Å². The maximum absolute atomic E-state index is 12.1. The number of amides is 2. The van der Waals surface area contributed by atoms with Crippen molar-refractivity contribution in [2.24, 2.45) is 5.92 Å². The summed E-state index contributed by atoms with van der Waals surface area (Å²) < 4.78 is 5.58. The van der Waals surface area contributed by atoms with Gasteiger partial charge in [-0.25, -0.2) is 0 Å². The molecule has 2 rings (SSSR count). The summed E-state index contributed by atoms with van der Waals surface area (Å²) in [4.78, 5) is 24.1. The minimum atomic E-state index is -0.385. The highest BCUT2D eigenvalue weighted by atomic mass is 35.5. The first-order chi connectivity index (χ1) is 13.3. The Bertz CT molecular complexity index is 824. The highest BCUT2D eigenvalue weighted by molar-refractivity contribution is 7.80. The molecule has 0 aromatic heterocycles. The minimum absolute atomic E-state index is 0.00389. The lowest BCUT2D eigenvalue weighted by Gasteiger charge is -2.12. The van der Waals surface area contributed by atoms with E-state index < -0.39 is 0 Å². The molecule has 0 aliphatic carbocycles. The van der Waals surface area contributed by atoms with Gasteiger partial charge < -0.3 is 10.1 Å². The zero-order valence-electron chi connectivity index (χ0n) is 15.6. The first-order valence-corrected chi connectivity index (χ1v) is 9.49. The normalized spacial score (nSPS) is 10.3. The molecule has 148 valence electrons. The standard InChI is InChI=1S/C20H22ClN3O3S/c1-13(2)12-27-17-9-5-15(6-10-17)19(26)23-24-20(28)22-18(25)11-14-3-7-16(21)8-4-14/h3-10,13H,11-12H2,1-2H3,(H,23,26)(H2,22,24,25,28). The van der Waals surface area contributed by atoms with Gasteiger partial charge in [-0.15, -0.1) is 0 Å². The number of hydrogen-bond donors (Lipinski definition) is 3. The van der Waals surface area contributed by atoms with Crippen LogP contribution in [0.3, 0.4) is 0 Å². The molecule has 0 bridgehead atoms. The predicted molar refractivity (Wildman–Crippen MR) is 113 cm³/mol. The van der Waals surface area contributed by atoms with Gasteiger partial charge in [0.2, 0.25) is 5.91 Å². The second-order valence-corrected chi connectivity index (χ2v) is 7.33. The lowest BCUT2D eigenvalue weighted by Crippen LogP contribution is -2.48. The van der Waals surface area contributed by atoms with Crippen LogP contribution in [0.2, 0.25) is 5.02 Å². The fraction of sp³-hybridized carbons (Fsp3) is 0.250. The Morgan fingerprint density at radius 1 is 1.04 bits per heavy atom. The Labute approximate surface area is 174 Å². The zero-order chi connectivity index (χ0) is 20.5. The third kappa shape index (κ3) is 7.54. The maximum Gasteiger partial charge on any atom is 0.269 e. The third-order valence-corrected chi connectivity index (χ3v) is 3.98. The van der Waals surface area contributed by atoms with E-state index in [0.717, 1.165) is 5.56 Å². The number of benzene rings is 2. The largest absolute Gasteiger partial charge is 0.493 e. The van der Waals surface area contributed by atoms with Crippen LogP contribution in [0, 0.1) is 5.92 Å². The first-order valence-electron chi connectivity index (χ1n) is 8.71. The van der Waals surface area contributed by atoms with Crippen LogP contribution >= 0.6 is 23.8 Å². The highest BCUT2D eigenvalue weighted by Gasteiger charge is 2.09. The summed E-state index contributed by atoms with van der Waals surface area (Å²) in [5.41, 5.74) is 6.18. The van der Waals surface area contributed by atoms with E-state index in [1.165, 1.54) is 0 Å². The summed E-state index contributed by atoms with van der Waals surface area (Å²) >= 11 is 10.8. The molecule has 0 aliphatic rings. The summed E-state index contributed by atoms with van der Waals surface area (Å²) in [6, 6.07) is 13.7. The molecule has 0 saturated carbocycles. The summed E-state index contributed by atoms with van der Waals surface area (Å²) in [7, 11) is 0. The van der Waals surface area contributed by atoms with Crippen LogP contribution in [0.5, 0.6) is 5.75 Å². The van der Waals surface area contributed by atoms with E-state index in [-0.39, 0.29) is 23.3 Å². The average Bonchev–Trinajstić information content (AvgIpc) is 2.66. The average molecular weight is 420 g/mol. The zero-order valence-corrected chi connectivity index (χ0v) is 17.2. The summed E-state index contributed by atoms with van der Waals surface area (Å²) in [6.07, 6.45) is 0.144. The van der Waals surface area contributed by atoms with Crippen molar-refractivity contribution in [3.63, 3.8) is 0 Å². The van der Waals surface area contributed by atoms with Gasteiger partial charge >= 0.3 is 0 Å². The second kappa shape index (κ2) is 10.6. The number of hydrazine groups is 1. The topological polar surface area (TPSA) is 79.5 Å². The lowest BCUT2D eigenvalue weighted by molar-refractivity contribution is -0.119. The van der Waals surface area contributed by atoms with E-state index >= 15 is 0 Å². The van der Waals surface area contributed by atoms with Crippen molar-refractivity contribution in [2.45, 2.75) is 20.3 Å². The molecule has 0 heterocycles. The van der Waals surface area contributed by atoms with Gasteiger partial charge in [-0.2, -0.15) is 0 Å². The van der Waals surface area contributed by atoms with Gasteiger partial charge in [-0.3, -0.25) is 20.4 Å². The molecule has 0 saturated heterocycles. The Kier molecular flexibility index (Phi) is 8.22. The smallest absolute Gasteiger partial charge is 0.269 e. The van der Waals surface area contributed by atoms with Gasteiger partial charge in [0.15, 0.2) is 5.11 Å². The molecule has 0 fully saturated rings. The van der Waals surface area contributed by atoms with Gasteiger partial charge in [0.05, 0.1) is 13.0 Å². The molecule has 2 aromatic carbocycles. The van der Waals surface area contributed by atoms with Crippen molar-refractivity contribution in [3.05, 3.63) is 64.7 Å². The van der Waals surface area contributed by atoms with Crippen molar-refractivity contribution in [1.29, 1.82) is 0 Å². The molecule has 0 radical (unpaired) electrons. The Morgan fingerprint density at radius 2 is 1.68 bits per heavy atom. The molecule has 2 aromatic rings. The number of rotatable bonds is 6. The molecule has 0 unspecified atom stereocenters. The van der Waals surface area contributed by atoms with E-state index in [0.29, 0.717) is 28.9 Å². The SMILES string of the molecule is CC(C)COc1ccc(C(=O)NNC(=S)NC(=O)Cc2ccc(Cl)cc2)cc1. The number of nitrogens with one attached hydrogen (secondary N) is 3. The first kappa shape index (κ1) is 21.7. The fourth-order valence-corrected chi connectivity index (χ4v) is 2.43. The highest BCUT2D eigenvalue weighted by Crippen LogP contribution is 2.13. The van der Waals surface area contributed by atoms with E-state index in [1.54, 1.807) is 48.5 Å². The molecule has 2 amide bonds. The number of ether oxygens (including phenoxy) is 1. The molecule has 28 heavy (non-hydrogen) atoms. The van der Waals surface area contributed by atoms with Gasteiger partial charge in [0, 0.05) is 10.6 Å². The number of thiocarbonyl (C=S) groups is 1. The summed E-state index contributed by atoms with van der Waals surface area (Å²) in [5, 5.41) is 3.10. The van der Waals surface area contributed by atoms with Crippen LogP contribution in [0.25, 0.3) is 0 Å². The van der Waals surface area contributed by atoms with E-state index in [1.807, 2.05) is 0 Å². The van der Waals surface area contributed by atoms with Crippen LogP contribution in [0.15, 0.2) is 48.5 Å². The van der Waals surface area contributed by atoms with Crippen molar-refractivity contribution < 1.29 is 14.3 Å². The fourth-order valence-electron chi connectivity index (χ4n) is 2.14. The number of carbonyl (C=O) groups is 2. The van der Waals surface area contributed by atoms with Crippen LogP contribution in [0.4, 0.5) is 0 Å². The van der Waals surface area contributed by atoms with Crippen molar-refractivity contribution in [1.82, 2.24) is 16.2 Å². The number of carbonyl (C=O) groups excluding carboxylic acids is 2. The molecule has 0 atom stereocenters. The quantitative estimate of drug-likeness (QED) is 0.494. The van der Waals surface area contributed by atoms with E-state index in [2.05, 4.69) is 30.0 Å². The minimum Gasteiger partial charge on any atom is -0.493 e. The molecular formula is C20H22ClN3O3S. The van der Waals surface area contributed by atoms with E-state index in [4.69, 9.17) is 28.6 Å². The molecule has 3 N–H and O–H groups in total. The summed E-state index contributed by atoms with van der Waals surface area (Å²) in [5.74, 6) is 0.428. The van der Waals surface area contributed by atoms with Crippen LogP contribution in [-0.4, -0.2) is 23.5 Å². The van der Waals surface area contributed by atoms with Crippen LogP contribution in [0.1, 0.15) is 29.8 Å². The monoisotopic (exact) mass is 419 g/mol. The van der Waals surface area contributed by atoms with Gasteiger partial charge in [-0.05, 0) is 60.1 Å².